The van der Waals surface area contributed by atoms with Crippen molar-refractivity contribution < 1.29 is 8.42 Å². The summed E-state index contributed by atoms with van der Waals surface area (Å²) in [5.41, 5.74) is 1.12. The molecule has 0 radical (unpaired) electrons. The fourth-order valence-corrected chi connectivity index (χ4v) is 3.49. The lowest BCUT2D eigenvalue weighted by molar-refractivity contribution is 0.455. The molecule has 0 amide bonds. The van der Waals surface area contributed by atoms with Crippen molar-refractivity contribution in [2.75, 3.05) is 29.6 Å². The first kappa shape index (κ1) is 13.9. The van der Waals surface area contributed by atoms with Gasteiger partial charge in [0.1, 0.15) is 0 Å². The number of piperidine rings is 1. The Balaban J connectivity index is 2.14. The highest BCUT2D eigenvalue weighted by atomic mass is 79.9. The standard InChI is InChI=1S/C13H18BrNO2S/c1-18(16,17)13-6-4-12(5-7-13)15-8-2-3-11(9-14)10-15/h4-7,11H,2-3,8-10H2,1H3. The molecule has 1 fully saturated rings. The third-order valence-corrected chi connectivity index (χ3v) is 5.41. The summed E-state index contributed by atoms with van der Waals surface area (Å²) < 4.78 is 22.8. The van der Waals surface area contributed by atoms with E-state index in [1.165, 1.54) is 19.1 Å². The van der Waals surface area contributed by atoms with Gasteiger partial charge in [0.05, 0.1) is 4.90 Å². The van der Waals surface area contributed by atoms with Crippen LogP contribution in [0.25, 0.3) is 0 Å². The summed E-state index contributed by atoms with van der Waals surface area (Å²) in [7, 11) is -3.09. The Morgan fingerprint density at radius 2 is 2.00 bits per heavy atom. The van der Waals surface area contributed by atoms with Gasteiger partial charge >= 0.3 is 0 Å². The highest BCUT2D eigenvalue weighted by Gasteiger charge is 2.19. The van der Waals surface area contributed by atoms with Crippen molar-refractivity contribution in [3.63, 3.8) is 0 Å². The van der Waals surface area contributed by atoms with E-state index in [0.717, 1.165) is 24.1 Å². The second-order valence-corrected chi connectivity index (χ2v) is 7.54. The second-order valence-electron chi connectivity index (χ2n) is 4.87. The molecule has 1 atom stereocenters. The van der Waals surface area contributed by atoms with Crippen molar-refractivity contribution in [3.05, 3.63) is 24.3 Å². The Morgan fingerprint density at radius 1 is 1.33 bits per heavy atom. The molecule has 1 aliphatic heterocycles. The van der Waals surface area contributed by atoms with Gasteiger partial charge in [0.25, 0.3) is 0 Å². The average Bonchev–Trinajstić information content (AvgIpc) is 2.38. The van der Waals surface area contributed by atoms with Gasteiger partial charge in [-0.15, -0.1) is 0 Å². The molecule has 1 unspecified atom stereocenters. The quantitative estimate of drug-likeness (QED) is 0.799. The van der Waals surface area contributed by atoms with Crippen molar-refractivity contribution in [1.29, 1.82) is 0 Å². The lowest BCUT2D eigenvalue weighted by Gasteiger charge is -2.33. The maximum Gasteiger partial charge on any atom is 0.175 e. The molecule has 5 heteroatoms. The van der Waals surface area contributed by atoms with E-state index in [1.54, 1.807) is 12.1 Å². The SMILES string of the molecule is CS(=O)(=O)c1ccc(N2CCCC(CBr)C2)cc1. The fraction of sp³-hybridized carbons (Fsp3) is 0.538. The van der Waals surface area contributed by atoms with E-state index < -0.39 is 9.84 Å². The van der Waals surface area contributed by atoms with Crippen molar-refractivity contribution in [1.82, 2.24) is 0 Å². The zero-order chi connectivity index (χ0) is 13.2. The van der Waals surface area contributed by atoms with Crippen molar-refractivity contribution >= 4 is 31.5 Å². The topological polar surface area (TPSA) is 37.4 Å². The molecule has 0 aliphatic carbocycles. The number of hydrogen-bond acceptors (Lipinski definition) is 3. The summed E-state index contributed by atoms with van der Waals surface area (Å²) >= 11 is 3.54. The van der Waals surface area contributed by atoms with Crippen LogP contribution >= 0.6 is 15.9 Å². The van der Waals surface area contributed by atoms with Gasteiger partial charge in [-0.3, -0.25) is 0 Å². The molecule has 3 nitrogen and oxygen atoms in total. The van der Waals surface area contributed by atoms with Gasteiger partial charge < -0.3 is 4.90 Å². The number of anilines is 1. The van der Waals surface area contributed by atoms with Crippen molar-refractivity contribution in [2.24, 2.45) is 5.92 Å². The minimum Gasteiger partial charge on any atom is -0.371 e. The molecule has 0 N–H and O–H groups in total. The minimum atomic E-state index is -3.09. The first-order valence-electron chi connectivity index (χ1n) is 6.12. The van der Waals surface area contributed by atoms with Crippen molar-refractivity contribution in [2.45, 2.75) is 17.7 Å². The number of rotatable bonds is 3. The average molecular weight is 332 g/mol. The zero-order valence-corrected chi connectivity index (χ0v) is 12.9. The van der Waals surface area contributed by atoms with Gasteiger partial charge in [-0.25, -0.2) is 8.42 Å². The summed E-state index contributed by atoms with van der Waals surface area (Å²) in [4.78, 5) is 2.72. The molecule has 0 saturated carbocycles. The molecule has 0 spiro atoms. The lowest BCUT2D eigenvalue weighted by Crippen LogP contribution is -2.35. The molecule has 1 aromatic carbocycles. The Labute approximate surface area is 117 Å². The number of nitrogens with zero attached hydrogens (tertiary/aromatic N) is 1. The Kier molecular flexibility index (Phi) is 4.33. The van der Waals surface area contributed by atoms with Crippen LogP contribution in [0.2, 0.25) is 0 Å². The summed E-state index contributed by atoms with van der Waals surface area (Å²) in [6.07, 6.45) is 3.71. The van der Waals surface area contributed by atoms with E-state index in [0.29, 0.717) is 10.8 Å². The smallest absolute Gasteiger partial charge is 0.175 e. The highest BCUT2D eigenvalue weighted by Crippen LogP contribution is 2.25. The molecule has 0 bridgehead atoms. The summed E-state index contributed by atoms with van der Waals surface area (Å²) in [5, 5.41) is 1.03. The molecule has 1 aromatic rings. The van der Waals surface area contributed by atoms with Crippen LogP contribution < -0.4 is 4.90 Å². The molecule has 1 aliphatic rings. The van der Waals surface area contributed by atoms with Crippen LogP contribution in [0.4, 0.5) is 5.69 Å². The van der Waals surface area contributed by atoms with Gasteiger partial charge in [0.15, 0.2) is 9.84 Å². The molecular formula is C13H18BrNO2S. The van der Waals surface area contributed by atoms with Crippen LogP contribution in [0.15, 0.2) is 29.2 Å². The molecule has 18 heavy (non-hydrogen) atoms. The molecule has 2 rings (SSSR count). The Bertz CT molecular complexity index is 498. The highest BCUT2D eigenvalue weighted by molar-refractivity contribution is 9.09. The van der Waals surface area contributed by atoms with Crippen LogP contribution in [0, 0.1) is 5.92 Å². The number of sulfone groups is 1. The predicted molar refractivity (Wildman–Crippen MR) is 78.3 cm³/mol. The first-order valence-corrected chi connectivity index (χ1v) is 9.13. The van der Waals surface area contributed by atoms with E-state index in [1.807, 2.05) is 12.1 Å². The van der Waals surface area contributed by atoms with E-state index in [9.17, 15) is 8.42 Å². The fourth-order valence-electron chi connectivity index (χ4n) is 2.33. The third-order valence-electron chi connectivity index (χ3n) is 3.37. The van der Waals surface area contributed by atoms with E-state index in [2.05, 4.69) is 20.8 Å². The van der Waals surface area contributed by atoms with Gasteiger partial charge in [-0.2, -0.15) is 0 Å². The maximum absolute atomic E-state index is 11.4. The van der Waals surface area contributed by atoms with E-state index in [4.69, 9.17) is 0 Å². The monoisotopic (exact) mass is 331 g/mol. The number of hydrogen-bond donors (Lipinski definition) is 0. The van der Waals surface area contributed by atoms with Crippen LogP contribution in [0.3, 0.4) is 0 Å². The number of halogens is 1. The number of alkyl halides is 1. The normalized spacial score (nSPS) is 21.0. The molecule has 0 aromatic heterocycles. The molecule has 1 heterocycles. The second kappa shape index (κ2) is 5.61. The minimum absolute atomic E-state index is 0.389. The molecule has 1 saturated heterocycles. The van der Waals surface area contributed by atoms with Gasteiger partial charge in [-0.1, -0.05) is 15.9 Å². The summed E-state index contributed by atoms with van der Waals surface area (Å²) in [6.45, 7) is 2.10. The molecule has 100 valence electrons. The van der Waals surface area contributed by atoms with Crippen LogP contribution in [0.1, 0.15) is 12.8 Å². The van der Waals surface area contributed by atoms with E-state index in [-0.39, 0.29) is 0 Å². The Hall–Kier alpha value is -0.550. The summed E-state index contributed by atoms with van der Waals surface area (Å²) in [5.74, 6) is 0.688. The van der Waals surface area contributed by atoms with Gasteiger partial charge in [-0.05, 0) is 43.0 Å². The molecular weight excluding hydrogens is 314 g/mol. The van der Waals surface area contributed by atoms with Crippen LogP contribution in [-0.4, -0.2) is 33.1 Å². The van der Waals surface area contributed by atoms with Gasteiger partial charge in [0.2, 0.25) is 0 Å². The van der Waals surface area contributed by atoms with E-state index >= 15 is 0 Å². The largest absolute Gasteiger partial charge is 0.371 e. The Morgan fingerprint density at radius 3 is 2.56 bits per heavy atom. The zero-order valence-electron chi connectivity index (χ0n) is 10.5. The maximum atomic E-state index is 11.4. The van der Waals surface area contributed by atoms with Crippen LogP contribution in [0.5, 0.6) is 0 Å². The third kappa shape index (κ3) is 3.26. The summed E-state index contributed by atoms with van der Waals surface area (Å²) in [6, 6.07) is 7.21. The van der Waals surface area contributed by atoms with Gasteiger partial charge in [0, 0.05) is 30.4 Å². The van der Waals surface area contributed by atoms with Crippen LogP contribution in [-0.2, 0) is 9.84 Å². The number of benzene rings is 1. The predicted octanol–water partition coefficient (Wildman–Crippen LogP) is 2.70. The van der Waals surface area contributed by atoms with Crippen molar-refractivity contribution in [3.8, 4) is 0 Å². The lowest BCUT2D eigenvalue weighted by atomic mass is 10.00. The first-order chi connectivity index (χ1) is 8.50.